The highest BCUT2D eigenvalue weighted by atomic mass is 16.5. The zero-order valence-electron chi connectivity index (χ0n) is 11.8. The van der Waals surface area contributed by atoms with Crippen LogP contribution in [-0.2, 0) is 11.3 Å². The quantitative estimate of drug-likeness (QED) is 0.900. The third-order valence-electron chi connectivity index (χ3n) is 3.62. The maximum Gasteiger partial charge on any atom is 0.229 e. The van der Waals surface area contributed by atoms with E-state index in [0.717, 1.165) is 16.8 Å². The lowest BCUT2D eigenvalue weighted by Crippen LogP contribution is -2.29. The van der Waals surface area contributed by atoms with Gasteiger partial charge < -0.3 is 15.4 Å². The summed E-state index contributed by atoms with van der Waals surface area (Å²) in [6.07, 6.45) is 1.67. The molecule has 21 heavy (non-hydrogen) atoms. The molecule has 108 valence electrons. The summed E-state index contributed by atoms with van der Waals surface area (Å²) in [6, 6.07) is 11.6. The Morgan fingerprint density at radius 1 is 1.43 bits per heavy atom. The van der Waals surface area contributed by atoms with Gasteiger partial charge in [0.15, 0.2) is 0 Å². The number of benzene rings is 1. The Morgan fingerprint density at radius 3 is 3.14 bits per heavy atom. The minimum atomic E-state index is -0.134. The van der Waals surface area contributed by atoms with Crippen LogP contribution in [0.3, 0.4) is 0 Å². The Hall–Kier alpha value is -2.56. The van der Waals surface area contributed by atoms with Crippen molar-refractivity contribution in [2.75, 3.05) is 19.0 Å². The number of anilines is 1. The summed E-state index contributed by atoms with van der Waals surface area (Å²) in [5.41, 5.74) is 3.07. The molecule has 1 aliphatic heterocycles. The van der Waals surface area contributed by atoms with Crippen LogP contribution in [0.25, 0.3) is 0 Å². The molecule has 1 atom stereocenters. The van der Waals surface area contributed by atoms with Gasteiger partial charge in [0.25, 0.3) is 0 Å². The first-order chi connectivity index (χ1) is 10.3. The molecule has 0 saturated carbocycles. The average molecular weight is 283 g/mol. The van der Waals surface area contributed by atoms with Crippen LogP contribution in [0.15, 0.2) is 42.6 Å². The molecule has 3 rings (SSSR count). The van der Waals surface area contributed by atoms with Crippen LogP contribution in [0.5, 0.6) is 5.88 Å². The Balaban J connectivity index is 1.65. The van der Waals surface area contributed by atoms with Crippen molar-refractivity contribution in [2.45, 2.75) is 12.5 Å². The summed E-state index contributed by atoms with van der Waals surface area (Å²) in [4.78, 5) is 16.4. The Morgan fingerprint density at radius 2 is 2.29 bits per heavy atom. The summed E-state index contributed by atoms with van der Waals surface area (Å²) in [5.74, 6) is 0.447. The van der Waals surface area contributed by atoms with Crippen LogP contribution in [-0.4, -0.2) is 24.5 Å². The molecule has 0 radical (unpaired) electrons. The summed E-state index contributed by atoms with van der Waals surface area (Å²) in [7, 11) is 1.58. The van der Waals surface area contributed by atoms with Crippen LogP contribution >= 0.6 is 0 Å². The number of nitrogens with zero attached hydrogens (tertiary/aromatic N) is 1. The summed E-state index contributed by atoms with van der Waals surface area (Å²) in [5, 5.41) is 6.23. The third-order valence-corrected chi connectivity index (χ3v) is 3.62. The van der Waals surface area contributed by atoms with Crippen molar-refractivity contribution >= 4 is 11.6 Å². The van der Waals surface area contributed by atoms with E-state index >= 15 is 0 Å². The summed E-state index contributed by atoms with van der Waals surface area (Å²) >= 11 is 0. The second-order valence-electron chi connectivity index (χ2n) is 4.94. The van der Waals surface area contributed by atoms with Gasteiger partial charge >= 0.3 is 0 Å². The number of para-hydroxylation sites is 1. The van der Waals surface area contributed by atoms with E-state index in [1.165, 1.54) is 0 Å². The fourth-order valence-corrected chi connectivity index (χ4v) is 2.50. The molecule has 1 aromatic heterocycles. The number of hydrogen-bond donors (Lipinski definition) is 2. The number of hydrogen-bond acceptors (Lipinski definition) is 4. The topological polar surface area (TPSA) is 63.2 Å². The fourth-order valence-electron chi connectivity index (χ4n) is 2.50. The van der Waals surface area contributed by atoms with Crippen LogP contribution in [0.4, 0.5) is 5.69 Å². The maximum atomic E-state index is 12.3. The zero-order valence-corrected chi connectivity index (χ0v) is 11.8. The number of ether oxygens (including phenoxy) is 1. The first-order valence-corrected chi connectivity index (χ1v) is 6.87. The first kappa shape index (κ1) is 13.4. The number of carbonyl (C=O) groups is 1. The summed E-state index contributed by atoms with van der Waals surface area (Å²) in [6.45, 7) is 1.11. The van der Waals surface area contributed by atoms with E-state index in [2.05, 4.69) is 15.6 Å². The van der Waals surface area contributed by atoms with E-state index in [1.54, 1.807) is 13.3 Å². The number of rotatable bonds is 4. The Labute approximate surface area is 123 Å². The van der Waals surface area contributed by atoms with Crippen molar-refractivity contribution in [2.24, 2.45) is 0 Å². The highest BCUT2D eigenvalue weighted by Gasteiger charge is 2.27. The van der Waals surface area contributed by atoms with Crippen molar-refractivity contribution in [1.29, 1.82) is 0 Å². The maximum absolute atomic E-state index is 12.3. The molecule has 0 fully saturated rings. The largest absolute Gasteiger partial charge is 0.481 e. The molecule has 1 aliphatic rings. The van der Waals surface area contributed by atoms with E-state index in [9.17, 15) is 4.79 Å². The van der Waals surface area contributed by atoms with Gasteiger partial charge in [-0.25, -0.2) is 4.98 Å². The van der Waals surface area contributed by atoms with E-state index in [0.29, 0.717) is 19.0 Å². The Bertz CT molecular complexity index is 657. The number of amides is 1. The van der Waals surface area contributed by atoms with Crippen molar-refractivity contribution in [3.63, 3.8) is 0 Å². The summed E-state index contributed by atoms with van der Waals surface area (Å²) < 4.78 is 5.07. The minimum Gasteiger partial charge on any atom is -0.481 e. The average Bonchev–Trinajstić information content (AvgIpc) is 2.97. The number of aromatic nitrogens is 1. The van der Waals surface area contributed by atoms with Crippen LogP contribution in [0.2, 0.25) is 0 Å². The lowest BCUT2D eigenvalue weighted by atomic mass is 10.0. The SMILES string of the molecule is COc1cc(CNC(=O)C2CNc3ccccc32)ccn1. The number of carbonyl (C=O) groups excluding carboxylic acids is 1. The molecule has 0 saturated heterocycles. The molecular weight excluding hydrogens is 266 g/mol. The zero-order chi connectivity index (χ0) is 14.7. The van der Waals surface area contributed by atoms with E-state index in [1.807, 2.05) is 36.4 Å². The molecule has 2 heterocycles. The van der Waals surface area contributed by atoms with Crippen molar-refractivity contribution in [3.8, 4) is 5.88 Å². The van der Waals surface area contributed by atoms with Gasteiger partial charge in [0.1, 0.15) is 0 Å². The molecule has 2 N–H and O–H groups in total. The molecule has 0 spiro atoms. The lowest BCUT2D eigenvalue weighted by Gasteiger charge is -2.11. The minimum absolute atomic E-state index is 0.0308. The van der Waals surface area contributed by atoms with Gasteiger partial charge in [-0.05, 0) is 23.3 Å². The standard InChI is InChI=1S/C16H17N3O2/c1-21-15-8-11(6-7-17-15)9-19-16(20)13-10-18-14-5-3-2-4-12(13)14/h2-8,13,18H,9-10H2,1H3,(H,19,20). The van der Waals surface area contributed by atoms with Crippen LogP contribution < -0.4 is 15.4 Å². The van der Waals surface area contributed by atoms with E-state index < -0.39 is 0 Å². The Kier molecular flexibility index (Phi) is 3.73. The van der Waals surface area contributed by atoms with E-state index in [-0.39, 0.29) is 11.8 Å². The molecule has 1 amide bonds. The third kappa shape index (κ3) is 2.81. The second-order valence-corrected chi connectivity index (χ2v) is 4.94. The monoisotopic (exact) mass is 283 g/mol. The highest BCUT2D eigenvalue weighted by molar-refractivity contribution is 5.88. The number of methoxy groups -OCH3 is 1. The van der Waals surface area contributed by atoms with Gasteiger partial charge in [0.05, 0.1) is 13.0 Å². The predicted octanol–water partition coefficient (Wildman–Crippen LogP) is 1.92. The number of fused-ring (bicyclic) bond motifs is 1. The molecule has 0 bridgehead atoms. The molecule has 1 unspecified atom stereocenters. The molecule has 5 heteroatoms. The van der Waals surface area contributed by atoms with Gasteiger partial charge in [-0.2, -0.15) is 0 Å². The van der Waals surface area contributed by atoms with Gasteiger partial charge in [-0.3, -0.25) is 4.79 Å². The molecule has 5 nitrogen and oxygen atoms in total. The first-order valence-electron chi connectivity index (χ1n) is 6.87. The van der Waals surface area contributed by atoms with Crippen LogP contribution in [0.1, 0.15) is 17.0 Å². The second kappa shape index (κ2) is 5.83. The highest BCUT2D eigenvalue weighted by Crippen LogP contribution is 2.30. The van der Waals surface area contributed by atoms with Gasteiger partial charge in [-0.15, -0.1) is 0 Å². The van der Waals surface area contributed by atoms with Crippen LogP contribution in [0, 0.1) is 0 Å². The molecule has 1 aromatic carbocycles. The number of nitrogens with one attached hydrogen (secondary N) is 2. The fraction of sp³-hybridized carbons (Fsp3) is 0.250. The lowest BCUT2D eigenvalue weighted by molar-refractivity contribution is -0.122. The smallest absolute Gasteiger partial charge is 0.229 e. The van der Waals surface area contributed by atoms with Gasteiger partial charge in [0.2, 0.25) is 11.8 Å². The van der Waals surface area contributed by atoms with Crippen molar-refractivity contribution < 1.29 is 9.53 Å². The van der Waals surface area contributed by atoms with Crippen molar-refractivity contribution in [3.05, 3.63) is 53.7 Å². The van der Waals surface area contributed by atoms with Gasteiger partial charge in [-0.1, -0.05) is 18.2 Å². The molecule has 0 aliphatic carbocycles. The van der Waals surface area contributed by atoms with Crippen molar-refractivity contribution in [1.82, 2.24) is 10.3 Å². The molecular formula is C16H17N3O2. The van der Waals surface area contributed by atoms with Gasteiger partial charge in [0, 0.05) is 31.0 Å². The van der Waals surface area contributed by atoms with E-state index in [4.69, 9.17) is 4.74 Å². The molecule has 2 aromatic rings. The normalized spacial score (nSPS) is 16.0. The number of pyridine rings is 1. The predicted molar refractivity (Wildman–Crippen MR) is 80.3 cm³/mol.